The minimum atomic E-state index is -0.345. The zero-order valence-corrected chi connectivity index (χ0v) is 25.2. The molecule has 1 saturated heterocycles. The van der Waals surface area contributed by atoms with Gasteiger partial charge in [0.1, 0.15) is 29.5 Å². The molecule has 11 heteroatoms. The number of hydrogen-bond donors (Lipinski definition) is 1. The molecule has 44 heavy (non-hydrogen) atoms. The summed E-state index contributed by atoms with van der Waals surface area (Å²) in [5.41, 5.74) is 2.36. The van der Waals surface area contributed by atoms with Gasteiger partial charge in [-0.3, -0.25) is 9.69 Å². The number of carbonyl (C=O) groups is 1. The van der Waals surface area contributed by atoms with Crippen molar-refractivity contribution in [3.63, 3.8) is 0 Å². The van der Waals surface area contributed by atoms with Gasteiger partial charge < -0.3 is 29.4 Å². The summed E-state index contributed by atoms with van der Waals surface area (Å²) in [5, 5.41) is 11.6. The minimum absolute atomic E-state index is 0.0719. The van der Waals surface area contributed by atoms with E-state index in [4.69, 9.17) is 21.3 Å². The smallest absolute Gasteiger partial charge is 0.318 e. The molecule has 1 N–H and O–H groups in total. The molecular formula is C33H38FN7O3. The highest BCUT2D eigenvalue weighted by Crippen LogP contribution is 2.38. The standard InChI is InChI=1S/C33H38FN7O3/c1-5-30(43)41-14-13-40(19-24(41)17-35-3)32-26-11-12-39(29-16-25(42)15-22-7-6-8-27(34)31(22)29)20-28(26)36-33(37-32)44-21(2)18-38(4)23-9-10-23/h5-8,15-16,21,23-24,42H,1,9-14,17-20H2,2,4H3/t21-,24+/m1/s1. The van der Waals surface area contributed by atoms with Gasteiger partial charge in [0, 0.05) is 55.8 Å². The Morgan fingerprint density at radius 2 is 2.09 bits per heavy atom. The molecule has 0 unspecified atom stereocenters. The highest BCUT2D eigenvalue weighted by molar-refractivity contribution is 5.96. The number of fused-ring (bicyclic) bond motifs is 2. The summed E-state index contributed by atoms with van der Waals surface area (Å²) < 4.78 is 21.4. The summed E-state index contributed by atoms with van der Waals surface area (Å²) in [5.74, 6) is 0.298. The molecular weight excluding hydrogens is 561 g/mol. The number of ether oxygens (including phenoxy) is 1. The van der Waals surface area contributed by atoms with Crippen molar-refractivity contribution < 1.29 is 19.0 Å². The molecule has 3 heterocycles. The van der Waals surface area contributed by atoms with Crippen molar-refractivity contribution >= 4 is 28.2 Å². The quantitative estimate of drug-likeness (QED) is 0.292. The van der Waals surface area contributed by atoms with Gasteiger partial charge in [0.25, 0.3) is 0 Å². The Labute approximate surface area is 257 Å². The summed E-state index contributed by atoms with van der Waals surface area (Å²) in [6.07, 6.45) is 4.15. The van der Waals surface area contributed by atoms with E-state index in [0.717, 1.165) is 23.6 Å². The van der Waals surface area contributed by atoms with Gasteiger partial charge in [0.2, 0.25) is 12.5 Å². The van der Waals surface area contributed by atoms with E-state index < -0.39 is 0 Å². The second kappa shape index (κ2) is 12.3. The lowest BCUT2D eigenvalue weighted by Crippen LogP contribution is -2.56. The van der Waals surface area contributed by atoms with Crippen LogP contribution >= 0.6 is 0 Å². The molecule has 2 fully saturated rings. The van der Waals surface area contributed by atoms with E-state index in [0.29, 0.717) is 61.6 Å². The number of carbonyl (C=O) groups excluding carboxylic acids is 1. The fourth-order valence-electron chi connectivity index (χ4n) is 6.51. The number of likely N-dealkylation sites (N-methyl/N-ethyl adjacent to an activating group) is 1. The van der Waals surface area contributed by atoms with Crippen molar-refractivity contribution in [1.82, 2.24) is 19.8 Å². The number of amides is 1. The maximum atomic E-state index is 15.1. The molecule has 1 aliphatic carbocycles. The number of hydrogen-bond acceptors (Lipinski definition) is 8. The Morgan fingerprint density at radius 1 is 1.27 bits per heavy atom. The fourth-order valence-corrected chi connectivity index (χ4v) is 6.51. The summed E-state index contributed by atoms with van der Waals surface area (Å²) >= 11 is 0. The molecule has 2 atom stereocenters. The third kappa shape index (κ3) is 5.99. The Kier molecular flexibility index (Phi) is 8.27. The van der Waals surface area contributed by atoms with Gasteiger partial charge in [-0.1, -0.05) is 18.7 Å². The van der Waals surface area contributed by atoms with Crippen molar-refractivity contribution in [2.45, 2.75) is 50.9 Å². The lowest BCUT2D eigenvalue weighted by atomic mass is 10.0. The molecule has 1 aromatic heterocycles. The zero-order valence-electron chi connectivity index (χ0n) is 25.2. The van der Waals surface area contributed by atoms with E-state index in [9.17, 15) is 9.90 Å². The van der Waals surface area contributed by atoms with Crippen molar-refractivity contribution in [2.24, 2.45) is 0 Å². The molecule has 0 radical (unpaired) electrons. The topological polar surface area (TPSA) is 89.6 Å². The van der Waals surface area contributed by atoms with E-state index in [1.165, 1.54) is 25.0 Å². The monoisotopic (exact) mass is 599 g/mol. The maximum absolute atomic E-state index is 15.1. The third-order valence-electron chi connectivity index (χ3n) is 8.82. The Balaban J connectivity index is 1.35. The van der Waals surface area contributed by atoms with E-state index in [2.05, 4.69) is 28.3 Å². The molecule has 2 aromatic carbocycles. The van der Waals surface area contributed by atoms with Crippen LogP contribution in [0.1, 0.15) is 31.0 Å². The van der Waals surface area contributed by atoms with Gasteiger partial charge in [0.15, 0.2) is 0 Å². The average molecular weight is 600 g/mol. The Bertz CT molecular complexity index is 1620. The van der Waals surface area contributed by atoms with Crippen LogP contribution in [0, 0.1) is 12.4 Å². The normalized spacial score (nSPS) is 19.1. The van der Waals surface area contributed by atoms with Gasteiger partial charge in [-0.05, 0) is 56.8 Å². The van der Waals surface area contributed by atoms with Crippen molar-refractivity contribution in [1.29, 1.82) is 0 Å². The minimum Gasteiger partial charge on any atom is -0.508 e. The summed E-state index contributed by atoms with van der Waals surface area (Å²) in [6.45, 7) is 16.5. The van der Waals surface area contributed by atoms with E-state index >= 15 is 4.39 Å². The number of phenolic OH excluding ortho intramolecular Hbond substituents is 1. The summed E-state index contributed by atoms with van der Waals surface area (Å²) in [7, 11) is 2.11. The number of halogens is 1. The number of anilines is 2. The highest BCUT2D eigenvalue weighted by atomic mass is 19.1. The van der Waals surface area contributed by atoms with Crippen molar-refractivity contribution in [2.75, 3.05) is 56.1 Å². The van der Waals surface area contributed by atoms with Crippen LogP contribution in [0.15, 0.2) is 43.0 Å². The fraction of sp³-hybridized carbons (Fsp3) is 0.455. The number of benzene rings is 2. The molecule has 0 bridgehead atoms. The lowest BCUT2D eigenvalue weighted by Gasteiger charge is -2.41. The van der Waals surface area contributed by atoms with E-state index in [1.807, 2.05) is 11.8 Å². The van der Waals surface area contributed by atoms with Gasteiger partial charge in [-0.15, -0.1) is 0 Å². The van der Waals surface area contributed by atoms with E-state index in [-0.39, 0.29) is 42.2 Å². The lowest BCUT2D eigenvalue weighted by molar-refractivity contribution is -0.128. The average Bonchev–Trinajstić information content (AvgIpc) is 3.86. The molecule has 2 aliphatic heterocycles. The van der Waals surface area contributed by atoms with E-state index in [1.54, 1.807) is 29.2 Å². The number of phenols is 1. The van der Waals surface area contributed by atoms with Crippen molar-refractivity contribution in [3.8, 4) is 11.8 Å². The predicted octanol–water partition coefficient (Wildman–Crippen LogP) is 4.02. The van der Waals surface area contributed by atoms with Crippen LogP contribution in [0.2, 0.25) is 0 Å². The summed E-state index contributed by atoms with van der Waals surface area (Å²) in [4.78, 5) is 34.2. The molecule has 1 saturated carbocycles. The van der Waals surface area contributed by atoms with Gasteiger partial charge in [-0.2, -0.15) is 9.97 Å². The maximum Gasteiger partial charge on any atom is 0.318 e. The van der Waals surface area contributed by atoms with Gasteiger partial charge in [0.05, 0.1) is 17.9 Å². The number of rotatable bonds is 9. The second-order valence-corrected chi connectivity index (χ2v) is 12.0. The molecule has 230 valence electrons. The molecule has 3 aliphatic rings. The van der Waals surface area contributed by atoms with Gasteiger partial charge in [-0.25, -0.2) is 11.0 Å². The number of aromatic hydroxyl groups is 1. The van der Waals surface area contributed by atoms with Crippen LogP contribution < -0.4 is 14.5 Å². The molecule has 6 rings (SSSR count). The van der Waals surface area contributed by atoms with Crippen LogP contribution in [0.3, 0.4) is 0 Å². The first-order valence-electron chi connectivity index (χ1n) is 15.2. The second-order valence-electron chi connectivity index (χ2n) is 12.0. The number of nitrogens with zero attached hydrogens (tertiary/aromatic N) is 7. The first-order valence-corrected chi connectivity index (χ1v) is 15.2. The van der Waals surface area contributed by atoms with Crippen LogP contribution in [0.4, 0.5) is 15.9 Å². The zero-order chi connectivity index (χ0) is 31.0. The van der Waals surface area contributed by atoms with Crippen molar-refractivity contribution in [3.05, 3.63) is 71.5 Å². The highest BCUT2D eigenvalue weighted by Gasteiger charge is 2.35. The molecule has 0 spiro atoms. The Hall–Kier alpha value is -4.43. The molecule has 10 nitrogen and oxygen atoms in total. The number of aromatic nitrogens is 2. The first kappa shape index (κ1) is 29.6. The molecule has 3 aromatic rings. The third-order valence-corrected chi connectivity index (χ3v) is 8.82. The Morgan fingerprint density at radius 3 is 2.84 bits per heavy atom. The molecule has 1 amide bonds. The largest absolute Gasteiger partial charge is 0.508 e. The van der Waals surface area contributed by atoms with Gasteiger partial charge >= 0.3 is 6.01 Å². The predicted molar refractivity (Wildman–Crippen MR) is 167 cm³/mol. The summed E-state index contributed by atoms with van der Waals surface area (Å²) in [6, 6.07) is 8.62. The van der Waals surface area contributed by atoms with Crippen LogP contribution in [-0.4, -0.2) is 95.3 Å². The van der Waals surface area contributed by atoms with Crippen LogP contribution in [-0.2, 0) is 17.8 Å². The number of piperazine rings is 1. The SMILES string of the molecule is [C-]#[N+]C[C@H]1CN(c2nc(O[C@H](C)CN(C)C3CC3)nc3c2CCN(c2cc(O)cc4cccc(F)c24)C3)CCN1C(=O)C=C. The van der Waals surface area contributed by atoms with Crippen LogP contribution in [0.25, 0.3) is 15.6 Å². The first-order chi connectivity index (χ1) is 21.2. The van der Waals surface area contributed by atoms with Crippen LogP contribution in [0.5, 0.6) is 11.8 Å².